The molecular formula is C12H15Cl2N3O2. The van der Waals surface area contributed by atoms with Gasteiger partial charge in [0, 0.05) is 18.6 Å². The molecule has 1 aliphatic rings. The van der Waals surface area contributed by atoms with Crippen LogP contribution in [-0.2, 0) is 4.74 Å². The fourth-order valence-electron chi connectivity index (χ4n) is 2.28. The van der Waals surface area contributed by atoms with Crippen molar-refractivity contribution < 1.29 is 9.53 Å². The van der Waals surface area contributed by atoms with Crippen LogP contribution in [0.5, 0.6) is 0 Å². The van der Waals surface area contributed by atoms with Crippen LogP contribution < -0.4 is 5.32 Å². The average molecular weight is 304 g/mol. The number of halogens is 2. The maximum absolute atomic E-state index is 12.1. The minimum Gasteiger partial charge on any atom is -0.381 e. The summed E-state index contributed by atoms with van der Waals surface area (Å²) in [5.41, 5.74) is 0.125. The van der Waals surface area contributed by atoms with Crippen molar-refractivity contribution in [3.05, 3.63) is 21.9 Å². The van der Waals surface area contributed by atoms with Gasteiger partial charge in [-0.05, 0) is 12.5 Å². The van der Waals surface area contributed by atoms with Crippen LogP contribution in [0.1, 0.15) is 30.6 Å². The summed E-state index contributed by atoms with van der Waals surface area (Å²) < 4.78 is 5.34. The Bertz CT molecular complexity index is 508. The Hall–Kier alpha value is -0.910. The van der Waals surface area contributed by atoms with E-state index in [1.54, 1.807) is 7.11 Å². The van der Waals surface area contributed by atoms with E-state index >= 15 is 0 Å². The van der Waals surface area contributed by atoms with E-state index in [2.05, 4.69) is 29.4 Å². The van der Waals surface area contributed by atoms with Crippen molar-refractivity contribution in [2.75, 3.05) is 7.11 Å². The number of nitrogens with zero attached hydrogens (tertiary/aromatic N) is 2. The van der Waals surface area contributed by atoms with E-state index in [1.807, 2.05) is 0 Å². The molecule has 1 aromatic rings. The maximum atomic E-state index is 12.1. The summed E-state index contributed by atoms with van der Waals surface area (Å²) in [6.07, 6.45) is 0.923. The molecule has 2 rings (SSSR count). The van der Waals surface area contributed by atoms with Gasteiger partial charge in [0.1, 0.15) is 0 Å². The van der Waals surface area contributed by atoms with E-state index in [9.17, 15) is 4.79 Å². The van der Waals surface area contributed by atoms with Crippen LogP contribution in [0.3, 0.4) is 0 Å². The Morgan fingerprint density at radius 2 is 2.16 bits per heavy atom. The second-order valence-corrected chi connectivity index (χ2v) is 5.92. The molecule has 1 N–H and O–H groups in total. The first-order valence-electron chi connectivity index (χ1n) is 5.88. The standard InChI is InChI=1S/C12H15Cl2N3O2/c1-12(2)7(5-8(12)19-3)15-11(18)6-4-9(13)16-17-10(6)14/h4,7-8H,5H2,1-3H3,(H,15,18). The summed E-state index contributed by atoms with van der Waals surface area (Å²) in [7, 11) is 1.67. The molecule has 0 aromatic carbocycles. The monoisotopic (exact) mass is 303 g/mol. The predicted molar refractivity (Wildman–Crippen MR) is 72.5 cm³/mol. The van der Waals surface area contributed by atoms with Crippen molar-refractivity contribution in [2.45, 2.75) is 32.4 Å². The lowest BCUT2D eigenvalue weighted by Gasteiger charge is -2.51. The number of ether oxygens (including phenoxy) is 1. The van der Waals surface area contributed by atoms with Crippen LogP contribution in [0.2, 0.25) is 10.3 Å². The Kier molecular flexibility index (Phi) is 3.99. The van der Waals surface area contributed by atoms with Crippen molar-refractivity contribution in [3.8, 4) is 0 Å². The van der Waals surface area contributed by atoms with Gasteiger partial charge in [-0.15, -0.1) is 10.2 Å². The van der Waals surface area contributed by atoms with Crippen molar-refractivity contribution in [1.82, 2.24) is 15.5 Å². The first-order chi connectivity index (χ1) is 8.86. The fraction of sp³-hybridized carbons (Fsp3) is 0.583. The van der Waals surface area contributed by atoms with Crippen molar-refractivity contribution >= 4 is 29.1 Å². The molecule has 0 saturated heterocycles. The smallest absolute Gasteiger partial charge is 0.254 e. The van der Waals surface area contributed by atoms with E-state index in [0.29, 0.717) is 0 Å². The highest BCUT2D eigenvalue weighted by molar-refractivity contribution is 6.34. The van der Waals surface area contributed by atoms with E-state index < -0.39 is 0 Å². The highest BCUT2D eigenvalue weighted by Gasteiger charge is 2.49. The van der Waals surface area contributed by atoms with Crippen LogP contribution in [0, 0.1) is 5.41 Å². The van der Waals surface area contributed by atoms with E-state index in [1.165, 1.54) is 6.07 Å². The molecule has 1 heterocycles. The van der Waals surface area contributed by atoms with Crippen molar-refractivity contribution in [3.63, 3.8) is 0 Å². The largest absolute Gasteiger partial charge is 0.381 e. The quantitative estimate of drug-likeness (QED) is 0.931. The van der Waals surface area contributed by atoms with Gasteiger partial charge in [0.25, 0.3) is 5.91 Å². The topological polar surface area (TPSA) is 64.1 Å². The van der Waals surface area contributed by atoms with Gasteiger partial charge in [0.2, 0.25) is 0 Å². The molecular weight excluding hydrogens is 289 g/mol. The summed E-state index contributed by atoms with van der Waals surface area (Å²) in [5, 5.41) is 10.3. The van der Waals surface area contributed by atoms with Crippen LogP contribution in [0.25, 0.3) is 0 Å². The molecule has 0 spiro atoms. The second-order valence-electron chi connectivity index (χ2n) is 5.18. The highest BCUT2D eigenvalue weighted by Crippen LogP contribution is 2.42. The lowest BCUT2D eigenvalue weighted by molar-refractivity contribution is -0.0942. The number of methoxy groups -OCH3 is 1. The summed E-state index contributed by atoms with van der Waals surface area (Å²) in [5.74, 6) is -0.297. The maximum Gasteiger partial charge on any atom is 0.254 e. The highest BCUT2D eigenvalue weighted by atomic mass is 35.5. The molecule has 1 amide bonds. The lowest BCUT2D eigenvalue weighted by Crippen LogP contribution is -2.61. The van der Waals surface area contributed by atoms with Gasteiger partial charge in [-0.25, -0.2) is 0 Å². The van der Waals surface area contributed by atoms with Gasteiger partial charge in [-0.1, -0.05) is 37.0 Å². The molecule has 0 aliphatic heterocycles. The predicted octanol–water partition coefficient (Wildman–Crippen LogP) is 2.33. The third-order valence-electron chi connectivity index (χ3n) is 3.73. The molecule has 19 heavy (non-hydrogen) atoms. The number of nitrogens with one attached hydrogen (secondary N) is 1. The number of aromatic nitrogens is 2. The van der Waals surface area contributed by atoms with E-state index in [4.69, 9.17) is 27.9 Å². The Morgan fingerprint density at radius 1 is 1.47 bits per heavy atom. The van der Waals surface area contributed by atoms with Gasteiger partial charge in [-0.2, -0.15) is 0 Å². The van der Waals surface area contributed by atoms with Crippen LogP contribution in [0.4, 0.5) is 0 Å². The van der Waals surface area contributed by atoms with E-state index in [-0.39, 0.29) is 39.3 Å². The molecule has 1 aliphatic carbocycles. The third-order valence-corrected chi connectivity index (χ3v) is 4.20. The first kappa shape index (κ1) is 14.5. The Balaban J connectivity index is 2.09. The molecule has 1 saturated carbocycles. The third kappa shape index (κ3) is 2.68. The van der Waals surface area contributed by atoms with Crippen LogP contribution >= 0.6 is 23.2 Å². The van der Waals surface area contributed by atoms with Gasteiger partial charge >= 0.3 is 0 Å². The molecule has 2 atom stereocenters. The van der Waals surface area contributed by atoms with E-state index in [0.717, 1.165) is 6.42 Å². The SMILES string of the molecule is COC1CC(NC(=O)c2cc(Cl)nnc2Cl)C1(C)C. The molecule has 1 fully saturated rings. The molecule has 104 valence electrons. The van der Waals surface area contributed by atoms with Crippen molar-refractivity contribution in [2.24, 2.45) is 5.41 Å². The summed E-state index contributed by atoms with van der Waals surface area (Å²) >= 11 is 11.6. The molecule has 7 heteroatoms. The van der Waals surface area contributed by atoms with Gasteiger partial charge in [-0.3, -0.25) is 4.79 Å². The zero-order chi connectivity index (χ0) is 14.2. The van der Waals surface area contributed by atoms with Crippen LogP contribution in [0.15, 0.2) is 6.07 Å². The number of carbonyl (C=O) groups is 1. The molecule has 0 bridgehead atoms. The number of carbonyl (C=O) groups excluding carboxylic acids is 1. The van der Waals surface area contributed by atoms with Gasteiger partial charge in [0.15, 0.2) is 10.3 Å². The molecule has 0 radical (unpaired) electrons. The summed E-state index contributed by atoms with van der Waals surface area (Å²) in [4.78, 5) is 12.1. The second kappa shape index (κ2) is 5.23. The number of hydrogen-bond acceptors (Lipinski definition) is 4. The minimum atomic E-state index is -0.297. The summed E-state index contributed by atoms with van der Waals surface area (Å²) in [6.45, 7) is 4.10. The number of amides is 1. The van der Waals surface area contributed by atoms with Gasteiger partial charge < -0.3 is 10.1 Å². The average Bonchev–Trinajstić information content (AvgIpc) is 2.36. The number of rotatable bonds is 3. The molecule has 1 aromatic heterocycles. The first-order valence-corrected chi connectivity index (χ1v) is 6.64. The lowest BCUT2D eigenvalue weighted by atomic mass is 9.64. The Morgan fingerprint density at radius 3 is 2.74 bits per heavy atom. The minimum absolute atomic E-state index is 0.0351. The zero-order valence-electron chi connectivity index (χ0n) is 10.9. The molecule has 5 nitrogen and oxygen atoms in total. The zero-order valence-corrected chi connectivity index (χ0v) is 12.4. The van der Waals surface area contributed by atoms with Gasteiger partial charge in [0.05, 0.1) is 11.7 Å². The Labute approximate surface area is 121 Å². The molecule has 2 unspecified atom stereocenters. The normalized spacial score (nSPS) is 24.7. The van der Waals surface area contributed by atoms with Crippen LogP contribution in [-0.4, -0.2) is 35.4 Å². The summed E-state index contributed by atoms with van der Waals surface area (Å²) in [6, 6.07) is 1.44. The fourth-order valence-corrected chi connectivity index (χ4v) is 2.60. The van der Waals surface area contributed by atoms with Crippen molar-refractivity contribution in [1.29, 1.82) is 0 Å². The number of hydrogen-bond donors (Lipinski definition) is 1.